The molecule has 0 fully saturated rings. The molecular formula is C19H26O5S2. The van der Waals surface area contributed by atoms with E-state index in [1.807, 2.05) is 5.38 Å². The molecule has 2 aromatic heterocycles. The second-order valence-electron chi connectivity index (χ2n) is 5.53. The molecule has 2 aromatic rings. The molecule has 0 saturated heterocycles. The van der Waals surface area contributed by atoms with E-state index < -0.39 is 0 Å². The fourth-order valence-electron chi connectivity index (χ4n) is 2.10. The van der Waals surface area contributed by atoms with Crippen molar-refractivity contribution in [2.24, 2.45) is 0 Å². The number of thiophene rings is 2. The van der Waals surface area contributed by atoms with Crippen LogP contribution in [0.2, 0.25) is 0 Å². The standard InChI is InChI=1S/C14H22O2S.C4H4OS.CO2/c1-2-3-4-5-6-7-8-9-13(16)14-10-12(15)11-17-14;5-4-1-2-6-3-4;2-1-3/h10-11,15H,2-9H2,1H3;1-3,5H;. The van der Waals surface area contributed by atoms with E-state index in [9.17, 15) is 4.79 Å². The molecule has 0 aliphatic rings. The first-order valence-electron chi connectivity index (χ1n) is 8.56. The van der Waals surface area contributed by atoms with Crippen LogP contribution < -0.4 is 0 Å². The molecule has 0 radical (unpaired) electrons. The monoisotopic (exact) mass is 398 g/mol. The quantitative estimate of drug-likeness (QED) is 0.421. The summed E-state index contributed by atoms with van der Waals surface area (Å²) in [5.74, 6) is 0.738. The van der Waals surface area contributed by atoms with Gasteiger partial charge in [-0.3, -0.25) is 4.79 Å². The average Bonchev–Trinajstić information content (AvgIpc) is 3.26. The second kappa shape index (κ2) is 16.5. The van der Waals surface area contributed by atoms with Crippen LogP contribution in [-0.2, 0) is 9.59 Å². The van der Waals surface area contributed by atoms with Crippen molar-refractivity contribution in [2.45, 2.75) is 58.3 Å². The summed E-state index contributed by atoms with van der Waals surface area (Å²) < 4.78 is 0. The molecule has 0 atom stereocenters. The summed E-state index contributed by atoms with van der Waals surface area (Å²) in [6.45, 7) is 2.22. The summed E-state index contributed by atoms with van der Waals surface area (Å²) in [7, 11) is 0. The van der Waals surface area contributed by atoms with Crippen molar-refractivity contribution in [1.82, 2.24) is 0 Å². The van der Waals surface area contributed by atoms with E-state index in [-0.39, 0.29) is 17.7 Å². The summed E-state index contributed by atoms with van der Waals surface area (Å²) >= 11 is 2.82. The van der Waals surface area contributed by atoms with E-state index in [1.165, 1.54) is 54.8 Å². The third kappa shape index (κ3) is 13.4. The predicted molar refractivity (Wildman–Crippen MR) is 104 cm³/mol. The molecule has 0 amide bonds. The molecule has 0 aliphatic carbocycles. The Morgan fingerprint density at radius 1 is 1.00 bits per heavy atom. The summed E-state index contributed by atoms with van der Waals surface area (Å²) in [6, 6.07) is 3.22. The SMILES string of the molecule is CCCCCCCCCC(=O)c1cc(O)cs1.O=C=O.Oc1ccsc1. The van der Waals surface area contributed by atoms with Crippen LogP contribution in [0.4, 0.5) is 0 Å². The minimum absolute atomic E-state index is 0.170. The first-order chi connectivity index (χ1) is 12.5. The highest BCUT2D eigenvalue weighted by atomic mass is 32.1. The van der Waals surface area contributed by atoms with E-state index in [0.717, 1.165) is 12.8 Å². The van der Waals surface area contributed by atoms with Crippen molar-refractivity contribution in [3.8, 4) is 11.5 Å². The smallest absolute Gasteiger partial charge is 0.373 e. The molecule has 0 saturated carbocycles. The van der Waals surface area contributed by atoms with Crippen LogP contribution in [0.3, 0.4) is 0 Å². The van der Waals surface area contributed by atoms with Crippen molar-refractivity contribution >= 4 is 34.6 Å². The number of carbonyl (C=O) groups is 1. The Labute approximate surface area is 162 Å². The molecular weight excluding hydrogens is 372 g/mol. The lowest BCUT2D eigenvalue weighted by atomic mass is 10.1. The lowest BCUT2D eigenvalue weighted by molar-refractivity contribution is -0.191. The molecule has 0 bridgehead atoms. The Bertz CT molecular complexity index is 614. The zero-order valence-corrected chi connectivity index (χ0v) is 16.6. The highest BCUT2D eigenvalue weighted by molar-refractivity contribution is 7.12. The van der Waals surface area contributed by atoms with E-state index in [0.29, 0.717) is 17.0 Å². The maximum atomic E-state index is 11.7. The van der Waals surface area contributed by atoms with Gasteiger partial charge in [0.15, 0.2) is 5.78 Å². The van der Waals surface area contributed by atoms with Crippen LogP contribution in [0, 0.1) is 0 Å². The molecule has 2 N–H and O–H groups in total. The van der Waals surface area contributed by atoms with Gasteiger partial charge in [0.05, 0.1) is 4.88 Å². The number of ketones is 1. The topological polar surface area (TPSA) is 91.7 Å². The van der Waals surface area contributed by atoms with Gasteiger partial charge in [0, 0.05) is 23.2 Å². The number of Topliss-reactive ketones (excluding diaryl/α,β-unsaturated/α-hetero) is 1. The number of aromatic hydroxyl groups is 2. The molecule has 0 spiro atoms. The minimum Gasteiger partial charge on any atom is -0.507 e. The second-order valence-corrected chi connectivity index (χ2v) is 7.22. The molecule has 0 aromatic carbocycles. The number of carbonyl (C=O) groups excluding carboxylic acids is 3. The van der Waals surface area contributed by atoms with Crippen molar-refractivity contribution in [3.63, 3.8) is 0 Å². The number of hydrogen-bond donors (Lipinski definition) is 2. The maximum Gasteiger partial charge on any atom is 0.373 e. The Kier molecular flexibility index (Phi) is 15.3. The van der Waals surface area contributed by atoms with Crippen LogP contribution in [0.5, 0.6) is 11.5 Å². The van der Waals surface area contributed by atoms with E-state index in [2.05, 4.69) is 6.92 Å². The van der Waals surface area contributed by atoms with E-state index in [1.54, 1.807) is 22.9 Å². The van der Waals surface area contributed by atoms with Gasteiger partial charge in [-0.2, -0.15) is 9.59 Å². The highest BCUT2D eigenvalue weighted by Crippen LogP contribution is 2.22. The molecule has 0 aliphatic heterocycles. The molecule has 2 rings (SSSR count). The maximum absolute atomic E-state index is 11.7. The average molecular weight is 399 g/mol. The summed E-state index contributed by atoms with van der Waals surface area (Å²) in [5, 5.41) is 22.8. The van der Waals surface area contributed by atoms with Gasteiger partial charge in [0.2, 0.25) is 0 Å². The van der Waals surface area contributed by atoms with Crippen molar-refractivity contribution in [1.29, 1.82) is 0 Å². The van der Waals surface area contributed by atoms with Crippen LogP contribution in [0.25, 0.3) is 0 Å². The predicted octanol–water partition coefficient (Wildman–Crippen LogP) is 5.65. The minimum atomic E-state index is 0.170. The number of rotatable bonds is 9. The van der Waals surface area contributed by atoms with Gasteiger partial charge in [-0.05, 0) is 17.9 Å². The fourth-order valence-corrected chi connectivity index (χ4v) is 3.35. The van der Waals surface area contributed by atoms with Gasteiger partial charge >= 0.3 is 6.15 Å². The Morgan fingerprint density at radius 2 is 1.62 bits per heavy atom. The van der Waals surface area contributed by atoms with Crippen LogP contribution in [-0.4, -0.2) is 22.1 Å². The fraction of sp³-hybridized carbons (Fsp3) is 0.474. The Hall–Kier alpha value is -1.95. The van der Waals surface area contributed by atoms with Crippen molar-refractivity contribution in [2.75, 3.05) is 0 Å². The Morgan fingerprint density at radius 3 is 2.04 bits per heavy atom. The first kappa shape index (κ1) is 24.1. The largest absolute Gasteiger partial charge is 0.507 e. The lowest BCUT2D eigenvalue weighted by Crippen LogP contribution is -1.95. The van der Waals surface area contributed by atoms with Crippen molar-refractivity contribution in [3.05, 3.63) is 33.2 Å². The van der Waals surface area contributed by atoms with Crippen molar-refractivity contribution < 1.29 is 24.6 Å². The van der Waals surface area contributed by atoms with Gasteiger partial charge in [0.1, 0.15) is 11.5 Å². The Balaban J connectivity index is 0.000000569. The molecule has 7 heteroatoms. The summed E-state index contributed by atoms with van der Waals surface area (Å²) in [6.07, 6.45) is 9.45. The zero-order valence-electron chi connectivity index (χ0n) is 15.0. The molecule has 2 heterocycles. The van der Waals surface area contributed by atoms with Gasteiger partial charge in [0.25, 0.3) is 0 Å². The van der Waals surface area contributed by atoms with E-state index >= 15 is 0 Å². The first-order valence-corrected chi connectivity index (χ1v) is 10.4. The molecule has 144 valence electrons. The number of hydrogen-bond acceptors (Lipinski definition) is 7. The number of unbranched alkanes of at least 4 members (excludes halogenated alkanes) is 6. The molecule has 26 heavy (non-hydrogen) atoms. The molecule has 5 nitrogen and oxygen atoms in total. The van der Waals surface area contributed by atoms with Gasteiger partial charge in [-0.1, -0.05) is 45.4 Å². The highest BCUT2D eigenvalue weighted by Gasteiger charge is 2.08. The third-order valence-corrected chi connectivity index (χ3v) is 5.00. The third-order valence-electron chi connectivity index (χ3n) is 3.37. The van der Waals surface area contributed by atoms with Gasteiger partial charge < -0.3 is 10.2 Å². The van der Waals surface area contributed by atoms with E-state index in [4.69, 9.17) is 19.8 Å². The van der Waals surface area contributed by atoms with Gasteiger partial charge in [-0.25, -0.2) is 0 Å². The summed E-state index contributed by atoms with van der Waals surface area (Å²) in [4.78, 5) is 28.6. The van der Waals surface area contributed by atoms with Gasteiger partial charge in [-0.15, -0.1) is 22.7 Å². The van der Waals surface area contributed by atoms with Crippen LogP contribution in [0.15, 0.2) is 28.3 Å². The van der Waals surface area contributed by atoms with Crippen LogP contribution >= 0.6 is 22.7 Å². The molecule has 0 unspecified atom stereocenters. The normalized spacial score (nSPS) is 9.27. The zero-order chi connectivity index (χ0) is 19.6. The van der Waals surface area contributed by atoms with Crippen LogP contribution in [0.1, 0.15) is 68.0 Å². The summed E-state index contributed by atoms with van der Waals surface area (Å²) in [5.41, 5.74) is 0. The lowest BCUT2D eigenvalue weighted by Gasteiger charge is -2.00.